The van der Waals surface area contributed by atoms with Gasteiger partial charge in [-0.25, -0.2) is 0 Å². The summed E-state index contributed by atoms with van der Waals surface area (Å²) in [7, 11) is 0. The first-order valence-electron chi connectivity index (χ1n) is 10.0. The van der Waals surface area contributed by atoms with Crippen molar-refractivity contribution in [2.24, 2.45) is 11.1 Å². The monoisotopic (exact) mass is 412 g/mol. The zero-order valence-corrected chi connectivity index (χ0v) is 17.1. The number of benzene rings is 1. The van der Waals surface area contributed by atoms with Gasteiger partial charge in [0.1, 0.15) is 0 Å². The van der Waals surface area contributed by atoms with Crippen molar-refractivity contribution in [3.05, 3.63) is 58.9 Å². The molecule has 152 valence electrons. The van der Waals surface area contributed by atoms with Crippen molar-refractivity contribution in [1.82, 2.24) is 9.88 Å². The van der Waals surface area contributed by atoms with Crippen LogP contribution < -0.4 is 10.6 Å². The van der Waals surface area contributed by atoms with Gasteiger partial charge in [0.2, 0.25) is 11.8 Å². The number of hydrogen-bond donors (Lipinski definition) is 1. The van der Waals surface area contributed by atoms with E-state index in [1.54, 1.807) is 6.07 Å². The maximum Gasteiger partial charge on any atom is 0.250 e. The average molecular weight is 413 g/mol. The molecule has 2 aliphatic rings. The van der Waals surface area contributed by atoms with Crippen molar-refractivity contribution in [1.29, 1.82) is 0 Å². The summed E-state index contributed by atoms with van der Waals surface area (Å²) in [5.74, 6) is -0.274. The molecule has 0 aliphatic carbocycles. The van der Waals surface area contributed by atoms with Gasteiger partial charge in [0.05, 0.1) is 21.7 Å². The number of likely N-dealkylation sites (tertiary alicyclic amines) is 1. The fourth-order valence-electron chi connectivity index (χ4n) is 4.51. The molecule has 1 atom stereocenters. The zero-order chi connectivity index (χ0) is 20.4. The van der Waals surface area contributed by atoms with Gasteiger partial charge >= 0.3 is 0 Å². The van der Waals surface area contributed by atoms with Crippen molar-refractivity contribution in [2.75, 3.05) is 31.1 Å². The number of halogens is 1. The van der Waals surface area contributed by atoms with Crippen LogP contribution in [0.4, 0.5) is 5.69 Å². The SMILES string of the molecule is NC(=O)c1ccc(CCN2CCCC3(CCN(c4ccccc4Cl)C3=O)C2)nc1. The first-order valence-corrected chi connectivity index (χ1v) is 10.4. The van der Waals surface area contributed by atoms with Gasteiger partial charge < -0.3 is 15.5 Å². The van der Waals surface area contributed by atoms with Gasteiger partial charge in [-0.1, -0.05) is 23.7 Å². The number of hydrogen-bond acceptors (Lipinski definition) is 4. The molecular weight excluding hydrogens is 388 g/mol. The number of nitrogens with zero attached hydrogens (tertiary/aromatic N) is 3. The standard InChI is InChI=1S/C22H25ClN4O2/c23-18-4-1-2-5-19(18)27-13-10-22(21(27)29)9-3-11-26(15-22)12-8-17-7-6-16(14-25-17)20(24)28/h1-2,4-7,14H,3,8-13,15H2,(H2,24,28). The van der Waals surface area contributed by atoms with Crippen LogP contribution in [0.1, 0.15) is 35.3 Å². The van der Waals surface area contributed by atoms with Gasteiger partial charge in [-0.2, -0.15) is 0 Å². The molecule has 2 N–H and O–H groups in total. The number of primary amides is 1. The van der Waals surface area contributed by atoms with Crippen LogP contribution in [-0.4, -0.2) is 47.9 Å². The van der Waals surface area contributed by atoms with E-state index in [0.29, 0.717) is 17.1 Å². The number of amides is 2. The van der Waals surface area contributed by atoms with E-state index >= 15 is 0 Å². The highest BCUT2D eigenvalue weighted by Crippen LogP contribution is 2.43. The largest absolute Gasteiger partial charge is 0.366 e. The molecule has 29 heavy (non-hydrogen) atoms. The van der Waals surface area contributed by atoms with E-state index in [2.05, 4.69) is 9.88 Å². The van der Waals surface area contributed by atoms with Crippen LogP contribution >= 0.6 is 11.6 Å². The lowest BCUT2D eigenvalue weighted by atomic mass is 9.78. The number of para-hydroxylation sites is 1. The zero-order valence-electron chi connectivity index (χ0n) is 16.3. The van der Waals surface area contributed by atoms with Crippen molar-refractivity contribution in [2.45, 2.75) is 25.7 Å². The van der Waals surface area contributed by atoms with E-state index in [1.807, 2.05) is 35.2 Å². The normalized spacial score (nSPS) is 22.4. The number of anilines is 1. The molecule has 1 unspecified atom stereocenters. The second-order valence-corrected chi connectivity index (χ2v) is 8.38. The molecule has 2 amide bonds. The summed E-state index contributed by atoms with van der Waals surface area (Å²) in [6.07, 6.45) is 5.10. The van der Waals surface area contributed by atoms with Crippen molar-refractivity contribution < 1.29 is 9.59 Å². The molecule has 2 aromatic rings. The highest BCUT2D eigenvalue weighted by Gasteiger charge is 2.49. The number of nitrogens with two attached hydrogens (primary N) is 1. The van der Waals surface area contributed by atoms with Crippen molar-refractivity contribution in [3.63, 3.8) is 0 Å². The van der Waals surface area contributed by atoms with Gasteiger partial charge in [-0.05, 0) is 50.1 Å². The summed E-state index contributed by atoms with van der Waals surface area (Å²) in [6.45, 7) is 3.31. The molecule has 2 saturated heterocycles. The van der Waals surface area contributed by atoms with Crippen LogP contribution in [0, 0.1) is 5.41 Å². The molecule has 0 bridgehead atoms. The predicted molar refractivity (Wildman–Crippen MR) is 113 cm³/mol. The molecule has 2 fully saturated rings. The lowest BCUT2D eigenvalue weighted by molar-refractivity contribution is -0.128. The highest BCUT2D eigenvalue weighted by atomic mass is 35.5. The molecular formula is C22H25ClN4O2. The van der Waals surface area contributed by atoms with Gasteiger partial charge in [0.25, 0.3) is 0 Å². The molecule has 7 heteroatoms. The Morgan fingerprint density at radius 2 is 2.00 bits per heavy atom. The number of pyridine rings is 1. The van der Waals surface area contributed by atoms with Crippen LogP contribution in [0.15, 0.2) is 42.6 Å². The summed E-state index contributed by atoms with van der Waals surface area (Å²) < 4.78 is 0. The molecule has 2 aliphatic heterocycles. The Labute approximate surface area is 175 Å². The van der Waals surface area contributed by atoms with Crippen LogP contribution in [0.2, 0.25) is 5.02 Å². The molecule has 0 radical (unpaired) electrons. The number of aromatic nitrogens is 1. The second-order valence-electron chi connectivity index (χ2n) is 7.97. The van der Waals surface area contributed by atoms with Crippen LogP contribution in [-0.2, 0) is 11.2 Å². The fraction of sp³-hybridized carbons (Fsp3) is 0.409. The topological polar surface area (TPSA) is 79.5 Å². The van der Waals surface area contributed by atoms with Gasteiger partial charge in [-0.15, -0.1) is 0 Å². The first kappa shape index (κ1) is 19.9. The fourth-order valence-corrected chi connectivity index (χ4v) is 4.75. The van der Waals surface area contributed by atoms with Crippen molar-refractivity contribution >= 4 is 29.1 Å². The summed E-state index contributed by atoms with van der Waals surface area (Å²) in [4.78, 5) is 33.1. The Hall–Kier alpha value is -2.44. The van der Waals surface area contributed by atoms with Crippen LogP contribution in [0.25, 0.3) is 0 Å². The highest BCUT2D eigenvalue weighted by molar-refractivity contribution is 6.34. The maximum absolute atomic E-state index is 13.3. The molecule has 1 spiro atoms. The molecule has 1 aromatic carbocycles. The maximum atomic E-state index is 13.3. The van der Waals surface area contributed by atoms with E-state index in [-0.39, 0.29) is 11.3 Å². The molecule has 6 nitrogen and oxygen atoms in total. The Balaban J connectivity index is 1.41. The minimum atomic E-state index is -0.468. The van der Waals surface area contributed by atoms with Gasteiger partial charge in [0, 0.05) is 37.9 Å². The molecule has 0 saturated carbocycles. The minimum Gasteiger partial charge on any atom is -0.366 e. The van der Waals surface area contributed by atoms with Crippen molar-refractivity contribution in [3.8, 4) is 0 Å². The lowest BCUT2D eigenvalue weighted by Crippen LogP contribution is -2.48. The van der Waals surface area contributed by atoms with E-state index in [4.69, 9.17) is 17.3 Å². The number of carbonyl (C=O) groups excluding carboxylic acids is 2. The molecule has 3 heterocycles. The summed E-state index contributed by atoms with van der Waals surface area (Å²) in [5.41, 5.74) is 7.10. The summed E-state index contributed by atoms with van der Waals surface area (Å²) in [6, 6.07) is 11.1. The third-order valence-corrected chi connectivity index (χ3v) is 6.43. The minimum absolute atomic E-state index is 0.194. The third-order valence-electron chi connectivity index (χ3n) is 6.11. The average Bonchev–Trinajstić information content (AvgIpc) is 3.03. The quantitative estimate of drug-likeness (QED) is 0.818. The Morgan fingerprint density at radius 3 is 2.72 bits per heavy atom. The Bertz CT molecular complexity index is 917. The third kappa shape index (κ3) is 4.00. The van der Waals surface area contributed by atoms with E-state index in [0.717, 1.165) is 56.7 Å². The number of rotatable bonds is 5. The smallest absolute Gasteiger partial charge is 0.250 e. The van der Waals surface area contributed by atoms with E-state index in [9.17, 15) is 9.59 Å². The second kappa shape index (κ2) is 8.13. The van der Waals surface area contributed by atoms with Crippen LogP contribution in [0.3, 0.4) is 0 Å². The van der Waals surface area contributed by atoms with E-state index in [1.165, 1.54) is 6.20 Å². The summed E-state index contributed by atoms with van der Waals surface area (Å²) >= 11 is 6.33. The number of piperidine rings is 1. The van der Waals surface area contributed by atoms with Gasteiger partial charge in [-0.3, -0.25) is 14.6 Å². The molecule has 1 aromatic heterocycles. The molecule has 4 rings (SSSR count). The van der Waals surface area contributed by atoms with Crippen LogP contribution in [0.5, 0.6) is 0 Å². The predicted octanol–water partition coefficient (Wildman–Crippen LogP) is 2.90. The number of carbonyl (C=O) groups is 2. The Morgan fingerprint density at radius 1 is 1.17 bits per heavy atom. The van der Waals surface area contributed by atoms with E-state index < -0.39 is 5.91 Å². The lowest BCUT2D eigenvalue weighted by Gasteiger charge is -2.39. The summed E-state index contributed by atoms with van der Waals surface area (Å²) in [5, 5.41) is 0.621. The Kier molecular flexibility index (Phi) is 5.56. The van der Waals surface area contributed by atoms with Gasteiger partial charge in [0.15, 0.2) is 0 Å². The first-order chi connectivity index (χ1) is 14.0.